The molecule has 1 N–H and O–H groups in total. The lowest BCUT2D eigenvalue weighted by molar-refractivity contribution is 0.628. The van der Waals surface area contributed by atoms with Crippen molar-refractivity contribution in [3.63, 3.8) is 0 Å². The number of fused-ring (bicyclic) bond motifs is 1. The molecule has 2 nitrogen and oxygen atoms in total. The van der Waals surface area contributed by atoms with Gasteiger partial charge in [0.15, 0.2) is 0 Å². The summed E-state index contributed by atoms with van der Waals surface area (Å²) in [6, 6.07) is 12.4. The van der Waals surface area contributed by atoms with Crippen molar-refractivity contribution in [2.75, 3.05) is 5.32 Å². The van der Waals surface area contributed by atoms with Gasteiger partial charge in [-0.25, -0.2) is 4.39 Å². The highest BCUT2D eigenvalue weighted by atomic mass is 35.5. The predicted octanol–water partition coefficient (Wildman–Crippen LogP) is 4.64. The quantitative estimate of drug-likeness (QED) is 0.759. The van der Waals surface area contributed by atoms with Gasteiger partial charge in [-0.1, -0.05) is 23.7 Å². The molecule has 3 aromatic rings. The second-order valence-electron chi connectivity index (χ2n) is 4.53. The van der Waals surface area contributed by atoms with Crippen LogP contribution in [0.25, 0.3) is 10.8 Å². The predicted molar refractivity (Wildman–Crippen MR) is 80.5 cm³/mol. The first-order chi connectivity index (χ1) is 9.72. The molecule has 0 spiro atoms. The number of aromatic nitrogens is 1. The van der Waals surface area contributed by atoms with E-state index >= 15 is 0 Å². The Morgan fingerprint density at radius 3 is 2.85 bits per heavy atom. The van der Waals surface area contributed by atoms with Crippen LogP contribution < -0.4 is 5.32 Å². The smallest absolute Gasteiger partial charge is 0.125 e. The Balaban J connectivity index is 1.81. The largest absolute Gasteiger partial charge is 0.380 e. The molecule has 0 aliphatic carbocycles. The molecule has 0 amide bonds. The van der Waals surface area contributed by atoms with Crippen LogP contribution >= 0.6 is 11.6 Å². The monoisotopic (exact) mass is 286 g/mol. The molecule has 0 bridgehead atoms. The van der Waals surface area contributed by atoms with Gasteiger partial charge in [-0.2, -0.15) is 0 Å². The average molecular weight is 287 g/mol. The third-order valence-corrected chi connectivity index (χ3v) is 3.45. The highest BCUT2D eigenvalue weighted by Gasteiger charge is 2.02. The number of halogens is 2. The second-order valence-corrected chi connectivity index (χ2v) is 4.94. The zero-order chi connectivity index (χ0) is 13.9. The van der Waals surface area contributed by atoms with E-state index in [-0.39, 0.29) is 5.82 Å². The summed E-state index contributed by atoms with van der Waals surface area (Å²) < 4.78 is 13.2. The lowest BCUT2D eigenvalue weighted by Gasteiger charge is -2.09. The molecule has 0 saturated heterocycles. The minimum absolute atomic E-state index is 0.304. The fourth-order valence-corrected chi connectivity index (χ4v) is 2.26. The molecule has 2 aromatic carbocycles. The molecule has 20 heavy (non-hydrogen) atoms. The van der Waals surface area contributed by atoms with Gasteiger partial charge in [0, 0.05) is 24.3 Å². The molecular formula is C16H12ClFN2. The Labute approximate surface area is 121 Å². The van der Waals surface area contributed by atoms with Crippen molar-refractivity contribution < 1.29 is 4.39 Å². The van der Waals surface area contributed by atoms with Crippen LogP contribution in [0.5, 0.6) is 0 Å². The first-order valence-corrected chi connectivity index (χ1v) is 6.62. The second kappa shape index (κ2) is 5.47. The first-order valence-electron chi connectivity index (χ1n) is 6.24. The maximum absolute atomic E-state index is 13.2. The molecule has 0 aliphatic heterocycles. The normalized spacial score (nSPS) is 10.7. The van der Waals surface area contributed by atoms with Gasteiger partial charge in [-0.05, 0) is 41.3 Å². The standard InChI is InChI=1S/C16H12ClFN2/c17-15-4-3-14(18)8-16(15)20-9-11-1-2-13-10-19-6-5-12(13)7-11/h1-8,10,20H,9H2. The summed E-state index contributed by atoms with van der Waals surface area (Å²) in [4.78, 5) is 4.08. The highest BCUT2D eigenvalue weighted by Crippen LogP contribution is 2.23. The Kier molecular flexibility index (Phi) is 3.52. The third kappa shape index (κ3) is 2.73. The lowest BCUT2D eigenvalue weighted by Crippen LogP contribution is -2.00. The van der Waals surface area contributed by atoms with E-state index in [1.165, 1.54) is 12.1 Å². The van der Waals surface area contributed by atoms with Crippen molar-refractivity contribution in [3.05, 3.63) is 71.3 Å². The maximum Gasteiger partial charge on any atom is 0.125 e. The molecule has 4 heteroatoms. The fourth-order valence-electron chi connectivity index (χ4n) is 2.07. The molecule has 3 rings (SSSR count). The van der Waals surface area contributed by atoms with Crippen molar-refractivity contribution in [2.24, 2.45) is 0 Å². The Morgan fingerprint density at radius 2 is 1.95 bits per heavy atom. The van der Waals surface area contributed by atoms with Gasteiger partial charge >= 0.3 is 0 Å². The number of rotatable bonds is 3. The zero-order valence-corrected chi connectivity index (χ0v) is 11.4. The minimum Gasteiger partial charge on any atom is -0.380 e. The summed E-state index contributed by atoms with van der Waals surface area (Å²) in [6.07, 6.45) is 3.60. The fraction of sp³-hybridized carbons (Fsp3) is 0.0625. The van der Waals surface area contributed by atoms with E-state index in [1.54, 1.807) is 12.3 Å². The van der Waals surface area contributed by atoms with Crippen molar-refractivity contribution in [2.45, 2.75) is 6.54 Å². The Morgan fingerprint density at radius 1 is 1.05 bits per heavy atom. The number of hydrogen-bond acceptors (Lipinski definition) is 2. The summed E-state index contributed by atoms with van der Waals surface area (Å²) in [5.74, 6) is -0.304. The number of hydrogen-bond donors (Lipinski definition) is 1. The van der Waals surface area contributed by atoms with E-state index in [0.717, 1.165) is 16.3 Å². The van der Waals surface area contributed by atoms with E-state index in [2.05, 4.69) is 16.4 Å². The van der Waals surface area contributed by atoms with Gasteiger partial charge in [0.2, 0.25) is 0 Å². The van der Waals surface area contributed by atoms with Crippen LogP contribution in [-0.4, -0.2) is 4.98 Å². The van der Waals surface area contributed by atoms with Gasteiger partial charge in [0.1, 0.15) is 5.82 Å². The van der Waals surface area contributed by atoms with Crippen molar-refractivity contribution in [1.29, 1.82) is 0 Å². The number of anilines is 1. The zero-order valence-electron chi connectivity index (χ0n) is 10.6. The number of benzene rings is 2. The van der Waals surface area contributed by atoms with Crippen LogP contribution in [0.3, 0.4) is 0 Å². The first kappa shape index (κ1) is 12.9. The van der Waals surface area contributed by atoms with E-state index in [0.29, 0.717) is 17.3 Å². The Bertz CT molecular complexity index is 758. The van der Waals surface area contributed by atoms with E-state index < -0.39 is 0 Å². The molecular weight excluding hydrogens is 275 g/mol. The summed E-state index contributed by atoms with van der Waals surface area (Å²) in [6.45, 7) is 0.585. The number of nitrogens with one attached hydrogen (secondary N) is 1. The maximum atomic E-state index is 13.2. The van der Waals surface area contributed by atoms with E-state index in [4.69, 9.17) is 11.6 Å². The van der Waals surface area contributed by atoms with E-state index in [9.17, 15) is 4.39 Å². The lowest BCUT2D eigenvalue weighted by atomic mass is 10.1. The van der Waals surface area contributed by atoms with Crippen molar-refractivity contribution in [1.82, 2.24) is 4.98 Å². The molecule has 1 heterocycles. The van der Waals surface area contributed by atoms with Crippen LogP contribution in [0.1, 0.15) is 5.56 Å². The minimum atomic E-state index is -0.304. The van der Waals surface area contributed by atoms with E-state index in [1.807, 2.05) is 24.4 Å². The van der Waals surface area contributed by atoms with Crippen LogP contribution in [0.4, 0.5) is 10.1 Å². The third-order valence-electron chi connectivity index (χ3n) is 3.12. The number of nitrogens with zero attached hydrogens (tertiary/aromatic N) is 1. The summed E-state index contributed by atoms with van der Waals surface area (Å²) in [5, 5.41) is 5.88. The molecule has 0 saturated carbocycles. The van der Waals surface area contributed by atoms with Crippen LogP contribution in [0.2, 0.25) is 5.02 Å². The molecule has 0 fully saturated rings. The molecule has 0 aliphatic rings. The van der Waals surface area contributed by atoms with Crippen molar-refractivity contribution in [3.8, 4) is 0 Å². The summed E-state index contributed by atoms with van der Waals surface area (Å²) in [5.41, 5.74) is 1.70. The SMILES string of the molecule is Fc1ccc(Cl)c(NCc2ccc3cnccc3c2)c1. The van der Waals surface area contributed by atoms with Crippen LogP contribution in [0, 0.1) is 5.82 Å². The highest BCUT2D eigenvalue weighted by molar-refractivity contribution is 6.33. The molecule has 0 radical (unpaired) electrons. The summed E-state index contributed by atoms with van der Waals surface area (Å²) >= 11 is 6.02. The molecule has 0 unspecified atom stereocenters. The van der Waals surface area contributed by atoms with Gasteiger partial charge in [0.05, 0.1) is 10.7 Å². The van der Waals surface area contributed by atoms with Gasteiger partial charge in [-0.15, -0.1) is 0 Å². The van der Waals surface area contributed by atoms with Gasteiger partial charge < -0.3 is 5.32 Å². The molecule has 0 atom stereocenters. The van der Waals surface area contributed by atoms with Crippen LogP contribution in [0.15, 0.2) is 54.9 Å². The summed E-state index contributed by atoms with van der Waals surface area (Å²) in [7, 11) is 0. The topological polar surface area (TPSA) is 24.9 Å². The van der Waals surface area contributed by atoms with Crippen molar-refractivity contribution >= 4 is 28.1 Å². The van der Waals surface area contributed by atoms with Crippen LogP contribution in [-0.2, 0) is 6.54 Å². The Hall–Kier alpha value is -2.13. The van der Waals surface area contributed by atoms with Gasteiger partial charge in [-0.3, -0.25) is 4.98 Å². The van der Waals surface area contributed by atoms with Gasteiger partial charge in [0.25, 0.3) is 0 Å². The molecule has 100 valence electrons. The molecule has 1 aromatic heterocycles. The average Bonchev–Trinajstić information content (AvgIpc) is 2.48. The number of pyridine rings is 1.